The van der Waals surface area contributed by atoms with Crippen molar-refractivity contribution < 1.29 is 4.74 Å². The second-order valence-corrected chi connectivity index (χ2v) is 6.53. The molecule has 0 bridgehead atoms. The standard InChI is InChI=1S/C16H24ClN3O/c1-2-21-11-15-18-14(17)9-16(19-15)20-8-7-12-5-3-4-6-13(12)10-20/h9,12-13H,2-8,10-11H2,1H3. The molecule has 1 saturated carbocycles. The Morgan fingerprint density at radius 1 is 1.24 bits per heavy atom. The van der Waals surface area contributed by atoms with E-state index >= 15 is 0 Å². The van der Waals surface area contributed by atoms with E-state index in [1.165, 1.54) is 32.1 Å². The first-order valence-electron chi connectivity index (χ1n) is 8.12. The molecule has 5 heteroatoms. The van der Waals surface area contributed by atoms with Gasteiger partial charge in [-0.1, -0.05) is 30.9 Å². The van der Waals surface area contributed by atoms with Crippen LogP contribution in [0.3, 0.4) is 0 Å². The maximum absolute atomic E-state index is 6.15. The summed E-state index contributed by atoms with van der Waals surface area (Å²) >= 11 is 6.15. The molecular formula is C16H24ClN3O. The van der Waals surface area contributed by atoms with E-state index in [0.29, 0.717) is 24.2 Å². The van der Waals surface area contributed by atoms with Crippen LogP contribution in [0.1, 0.15) is 44.9 Å². The van der Waals surface area contributed by atoms with Gasteiger partial charge >= 0.3 is 0 Å². The van der Waals surface area contributed by atoms with Crippen LogP contribution in [0.2, 0.25) is 5.15 Å². The number of ether oxygens (including phenoxy) is 1. The minimum atomic E-state index is 0.434. The molecular weight excluding hydrogens is 286 g/mol. The first kappa shape index (κ1) is 15.0. The number of aromatic nitrogens is 2. The van der Waals surface area contributed by atoms with Gasteiger partial charge in [-0.2, -0.15) is 0 Å². The second kappa shape index (κ2) is 6.93. The van der Waals surface area contributed by atoms with Crippen molar-refractivity contribution in [2.45, 2.75) is 45.6 Å². The van der Waals surface area contributed by atoms with Crippen molar-refractivity contribution in [2.75, 3.05) is 24.6 Å². The molecule has 116 valence electrons. The summed E-state index contributed by atoms with van der Waals surface area (Å²) in [6, 6.07) is 1.89. The number of hydrogen-bond acceptors (Lipinski definition) is 4. The molecule has 1 aliphatic heterocycles. The van der Waals surface area contributed by atoms with Crippen molar-refractivity contribution in [1.29, 1.82) is 0 Å². The van der Waals surface area contributed by atoms with Crippen LogP contribution in [0.5, 0.6) is 0 Å². The van der Waals surface area contributed by atoms with Crippen LogP contribution in [0.25, 0.3) is 0 Å². The highest BCUT2D eigenvalue weighted by Gasteiger charge is 2.31. The number of hydrogen-bond donors (Lipinski definition) is 0. The van der Waals surface area contributed by atoms with Gasteiger partial charge in [-0.25, -0.2) is 9.97 Å². The molecule has 2 aliphatic rings. The molecule has 2 fully saturated rings. The number of nitrogens with zero attached hydrogens (tertiary/aromatic N) is 3. The molecule has 0 amide bonds. The SMILES string of the molecule is CCOCc1nc(Cl)cc(N2CCC3CCCCC3C2)n1. The summed E-state index contributed by atoms with van der Waals surface area (Å²) in [7, 11) is 0. The van der Waals surface area contributed by atoms with E-state index in [1.54, 1.807) is 0 Å². The topological polar surface area (TPSA) is 38.2 Å². The number of halogens is 1. The van der Waals surface area contributed by atoms with Crippen molar-refractivity contribution in [2.24, 2.45) is 11.8 Å². The normalized spacial score (nSPS) is 25.7. The van der Waals surface area contributed by atoms with Gasteiger partial charge in [-0.3, -0.25) is 0 Å². The lowest BCUT2D eigenvalue weighted by Crippen LogP contribution is -2.42. The largest absolute Gasteiger partial charge is 0.374 e. The van der Waals surface area contributed by atoms with Crippen LogP contribution < -0.4 is 4.90 Å². The third-order valence-electron chi connectivity index (χ3n) is 4.78. The summed E-state index contributed by atoms with van der Waals surface area (Å²) in [5.41, 5.74) is 0. The lowest BCUT2D eigenvalue weighted by molar-refractivity contribution is 0.128. The molecule has 2 unspecified atom stereocenters. The predicted molar refractivity (Wildman–Crippen MR) is 84.7 cm³/mol. The average Bonchev–Trinajstić information content (AvgIpc) is 2.52. The van der Waals surface area contributed by atoms with E-state index in [-0.39, 0.29) is 0 Å². The summed E-state index contributed by atoms with van der Waals surface area (Å²) in [4.78, 5) is 11.3. The van der Waals surface area contributed by atoms with Gasteiger partial charge in [0.15, 0.2) is 5.82 Å². The monoisotopic (exact) mass is 309 g/mol. The fourth-order valence-corrected chi connectivity index (χ4v) is 3.88. The zero-order valence-electron chi connectivity index (χ0n) is 12.7. The van der Waals surface area contributed by atoms with Crippen LogP contribution in [0, 0.1) is 11.8 Å². The average molecular weight is 310 g/mol. The molecule has 0 N–H and O–H groups in total. The maximum atomic E-state index is 6.15. The molecule has 2 heterocycles. The van der Waals surface area contributed by atoms with E-state index in [9.17, 15) is 0 Å². The Labute approximate surface area is 131 Å². The zero-order chi connectivity index (χ0) is 14.7. The maximum Gasteiger partial charge on any atom is 0.158 e. The summed E-state index contributed by atoms with van der Waals surface area (Å²) < 4.78 is 5.40. The summed E-state index contributed by atoms with van der Waals surface area (Å²) in [5, 5.41) is 0.514. The fourth-order valence-electron chi connectivity index (χ4n) is 3.68. The van der Waals surface area contributed by atoms with Crippen LogP contribution in [0.15, 0.2) is 6.07 Å². The van der Waals surface area contributed by atoms with Gasteiger partial charge in [-0.05, 0) is 31.6 Å². The van der Waals surface area contributed by atoms with Gasteiger partial charge in [0.25, 0.3) is 0 Å². The molecule has 1 saturated heterocycles. The third-order valence-corrected chi connectivity index (χ3v) is 4.97. The molecule has 0 radical (unpaired) electrons. The molecule has 1 aromatic rings. The minimum absolute atomic E-state index is 0.434. The first-order valence-corrected chi connectivity index (χ1v) is 8.50. The van der Waals surface area contributed by atoms with Gasteiger partial charge in [0.1, 0.15) is 17.6 Å². The zero-order valence-corrected chi connectivity index (χ0v) is 13.5. The quantitative estimate of drug-likeness (QED) is 0.795. The van der Waals surface area contributed by atoms with Crippen molar-refractivity contribution >= 4 is 17.4 Å². The van der Waals surface area contributed by atoms with Crippen molar-refractivity contribution in [3.8, 4) is 0 Å². The number of rotatable bonds is 4. The molecule has 0 spiro atoms. The number of anilines is 1. The smallest absolute Gasteiger partial charge is 0.158 e. The lowest BCUT2D eigenvalue weighted by Gasteiger charge is -2.41. The van der Waals surface area contributed by atoms with Crippen molar-refractivity contribution in [3.05, 3.63) is 17.0 Å². The first-order chi connectivity index (χ1) is 10.3. The van der Waals surface area contributed by atoms with E-state index in [1.807, 2.05) is 13.0 Å². The summed E-state index contributed by atoms with van der Waals surface area (Å²) in [5.74, 6) is 3.41. The highest BCUT2D eigenvalue weighted by Crippen LogP contribution is 2.37. The second-order valence-electron chi connectivity index (χ2n) is 6.14. The number of piperidine rings is 1. The van der Waals surface area contributed by atoms with E-state index in [2.05, 4.69) is 14.9 Å². The van der Waals surface area contributed by atoms with Crippen molar-refractivity contribution in [1.82, 2.24) is 9.97 Å². The Morgan fingerprint density at radius 2 is 2.05 bits per heavy atom. The van der Waals surface area contributed by atoms with Gasteiger partial charge in [-0.15, -0.1) is 0 Å². The predicted octanol–water partition coefficient (Wildman–Crippen LogP) is 3.68. The molecule has 3 rings (SSSR count). The molecule has 1 aromatic heterocycles. The molecule has 2 atom stereocenters. The van der Waals surface area contributed by atoms with Gasteiger partial charge in [0.2, 0.25) is 0 Å². The highest BCUT2D eigenvalue weighted by atomic mass is 35.5. The summed E-state index contributed by atoms with van der Waals surface area (Å²) in [6.07, 6.45) is 6.87. The molecule has 4 nitrogen and oxygen atoms in total. The Balaban J connectivity index is 1.72. The Hall–Kier alpha value is -0.870. The van der Waals surface area contributed by atoms with Crippen molar-refractivity contribution in [3.63, 3.8) is 0 Å². The lowest BCUT2D eigenvalue weighted by atomic mass is 9.75. The van der Waals surface area contributed by atoms with Gasteiger partial charge in [0, 0.05) is 25.8 Å². The minimum Gasteiger partial charge on any atom is -0.374 e. The number of fused-ring (bicyclic) bond motifs is 1. The Bertz CT molecular complexity index is 483. The third kappa shape index (κ3) is 3.67. The van der Waals surface area contributed by atoms with Crippen LogP contribution in [-0.2, 0) is 11.3 Å². The van der Waals surface area contributed by atoms with Gasteiger partial charge < -0.3 is 9.64 Å². The molecule has 1 aliphatic carbocycles. The van der Waals surface area contributed by atoms with E-state index in [4.69, 9.17) is 16.3 Å². The molecule has 0 aromatic carbocycles. The van der Waals surface area contributed by atoms with Crippen LogP contribution in [-0.4, -0.2) is 29.7 Å². The Morgan fingerprint density at radius 3 is 2.86 bits per heavy atom. The van der Waals surface area contributed by atoms with Crippen LogP contribution >= 0.6 is 11.6 Å². The highest BCUT2D eigenvalue weighted by molar-refractivity contribution is 6.29. The van der Waals surface area contributed by atoms with Gasteiger partial charge in [0.05, 0.1) is 0 Å². The fraction of sp³-hybridized carbons (Fsp3) is 0.750. The summed E-state index contributed by atoms with van der Waals surface area (Å²) in [6.45, 7) is 5.27. The molecule has 21 heavy (non-hydrogen) atoms. The van der Waals surface area contributed by atoms with E-state index in [0.717, 1.165) is 30.7 Å². The van der Waals surface area contributed by atoms with Crippen LogP contribution in [0.4, 0.5) is 5.82 Å². The van der Waals surface area contributed by atoms with E-state index < -0.39 is 0 Å². The Kier molecular flexibility index (Phi) is 4.96.